The number of anilines is 1. The molecule has 2 aromatic carbocycles. The number of carbonyl (C=O) groups excluding carboxylic acids is 1. The standard InChI is InChI=1S/C22H22N4O2/c1-26(2)21-10-8-19(24-25-21)22(27)23-14-15-3-5-16(6-4-15)17-7-9-20-18(13-17)11-12-28-20/h3-10,13H,11-12,14H2,1-2H3,(H,23,27). The fourth-order valence-corrected chi connectivity index (χ4v) is 3.14. The van der Waals surface area contributed by atoms with Crippen LogP contribution >= 0.6 is 0 Å². The van der Waals surface area contributed by atoms with Crippen LogP contribution in [-0.2, 0) is 13.0 Å². The van der Waals surface area contributed by atoms with Crippen LogP contribution in [0.4, 0.5) is 5.82 Å². The number of nitrogens with zero attached hydrogens (tertiary/aromatic N) is 3. The van der Waals surface area contributed by atoms with Crippen LogP contribution < -0.4 is 15.0 Å². The lowest BCUT2D eigenvalue weighted by Gasteiger charge is -2.10. The number of fused-ring (bicyclic) bond motifs is 1. The maximum Gasteiger partial charge on any atom is 0.272 e. The third-order valence-electron chi connectivity index (χ3n) is 4.77. The van der Waals surface area contributed by atoms with E-state index < -0.39 is 0 Å². The van der Waals surface area contributed by atoms with Crippen molar-refractivity contribution in [3.63, 3.8) is 0 Å². The summed E-state index contributed by atoms with van der Waals surface area (Å²) < 4.78 is 5.57. The number of hydrogen-bond acceptors (Lipinski definition) is 5. The van der Waals surface area contributed by atoms with Gasteiger partial charge in [0, 0.05) is 27.1 Å². The van der Waals surface area contributed by atoms with E-state index in [9.17, 15) is 4.79 Å². The quantitative estimate of drug-likeness (QED) is 0.743. The fraction of sp³-hybridized carbons (Fsp3) is 0.227. The molecule has 0 fully saturated rings. The molecule has 6 heteroatoms. The molecule has 1 aromatic heterocycles. The van der Waals surface area contributed by atoms with Crippen molar-refractivity contribution in [2.75, 3.05) is 25.6 Å². The maximum atomic E-state index is 12.3. The first kappa shape index (κ1) is 18.0. The molecule has 0 aliphatic carbocycles. The number of carbonyl (C=O) groups is 1. The van der Waals surface area contributed by atoms with Gasteiger partial charge in [0.1, 0.15) is 5.75 Å². The lowest BCUT2D eigenvalue weighted by Crippen LogP contribution is -2.24. The summed E-state index contributed by atoms with van der Waals surface area (Å²) in [5, 5.41) is 10.9. The third-order valence-corrected chi connectivity index (χ3v) is 4.77. The first-order valence-electron chi connectivity index (χ1n) is 9.24. The Morgan fingerprint density at radius 1 is 1.04 bits per heavy atom. The van der Waals surface area contributed by atoms with Crippen LogP contribution in [0, 0.1) is 0 Å². The normalized spacial score (nSPS) is 12.2. The van der Waals surface area contributed by atoms with E-state index >= 15 is 0 Å². The van der Waals surface area contributed by atoms with Crippen molar-refractivity contribution in [2.45, 2.75) is 13.0 Å². The zero-order valence-corrected chi connectivity index (χ0v) is 16.0. The second kappa shape index (κ2) is 7.68. The van der Waals surface area contributed by atoms with Crippen LogP contribution in [-0.4, -0.2) is 36.8 Å². The molecular weight excluding hydrogens is 352 g/mol. The summed E-state index contributed by atoms with van der Waals surface area (Å²) in [5.74, 6) is 1.47. The largest absolute Gasteiger partial charge is 0.493 e. The highest BCUT2D eigenvalue weighted by atomic mass is 16.5. The van der Waals surface area contributed by atoms with Crippen LogP contribution in [0.5, 0.6) is 5.75 Å². The zero-order valence-electron chi connectivity index (χ0n) is 16.0. The van der Waals surface area contributed by atoms with E-state index in [2.05, 4.69) is 39.8 Å². The van der Waals surface area contributed by atoms with E-state index in [0.29, 0.717) is 18.1 Å². The minimum absolute atomic E-state index is 0.236. The summed E-state index contributed by atoms with van der Waals surface area (Å²) in [6.45, 7) is 1.20. The Labute approximate surface area is 164 Å². The van der Waals surface area contributed by atoms with Crippen LogP contribution in [0.2, 0.25) is 0 Å². The van der Waals surface area contributed by atoms with Gasteiger partial charge < -0.3 is 15.0 Å². The van der Waals surface area contributed by atoms with Gasteiger partial charge in [-0.3, -0.25) is 4.79 Å². The van der Waals surface area contributed by atoms with Gasteiger partial charge in [0.2, 0.25) is 0 Å². The molecule has 0 atom stereocenters. The molecule has 0 bridgehead atoms. The molecule has 1 N–H and O–H groups in total. The summed E-state index contributed by atoms with van der Waals surface area (Å²) in [5.41, 5.74) is 4.92. The molecule has 0 spiro atoms. The number of amides is 1. The van der Waals surface area contributed by atoms with Crippen LogP contribution in [0.15, 0.2) is 54.6 Å². The van der Waals surface area contributed by atoms with E-state index in [0.717, 1.165) is 29.9 Å². The monoisotopic (exact) mass is 374 g/mol. The zero-order chi connectivity index (χ0) is 19.5. The molecule has 28 heavy (non-hydrogen) atoms. The van der Waals surface area contributed by atoms with Crippen molar-refractivity contribution in [2.24, 2.45) is 0 Å². The van der Waals surface area contributed by atoms with Gasteiger partial charge >= 0.3 is 0 Å². The van der Waals surface area contributed by atoms with E-state index in [-0.39, 0.29) is 5.91 Å². The summed E-state index contributed by atoms with van der Waals surface area (Å²) in [4.78, 5) is 14.1. The number of hydrogen-bond donors (Lipinski definition) is 1. The molecule has 6 nitrogen and oxygen atoms in total. The molecule has 1 aliphatic rings. The minimum atomic E-state index is -0.236. The SMILES string of the molecule is CN(C)c1ccc(C(=O)NCc2ccc(-c3ccc4c(c3)CCO4)cc2)nn1. The molecule has 1 amide bonds. The number of aromatic nitrogens is 2. The van der Waals surface area contributed by atoms with Crippen molar-refractivity contribution in [3.8, 4) is 16.9 Å². The predicted octanol–water partition coefficient (Wildman–Crippen LogP) is 3.07. The molecule has 0 radical (unpaired) electrons. The Balaban J connectivity index is 1.38. The Morgan fingerprint density at radius 2 is 1.82 bits per heavy atom. The van der Waals surface area contributed by atoms with Gasteiger partial charge in [0.15, 0.2) is 11.5 Å². The Hall–Kier alpha value is -3.41. The predicted molar refractivity (Wildman–Crippen MR) is 109 cm³/mol. The summed E-state index contributed by atoms with van der Waals surface area (Å²) >= 11 is 0. The Morgan fingerprint density at radius 3 is 2.54 bits per heavy atom. The van der Waals surface area contributed by atoms with Crippen LogP contribution in [0.1, 0.15) is 21.6 Å². The average Bonchev–Trinajstić information content (AvgIpc) is 3.20. The molecule has 3 aromatic rings. The molecular formula is C22H22N4O2. The van der Waals surface area contributed by atoms with Crippen molar-refractivity contribution < 1.29 is 9.53 Å². The molecule has 142 valence electrons. The fourth-order valence-electron chi connectivity index (χ4n) is 3.14. The molecule has 1 aliphatic heterocycles. The lowest BCUT2D eigenvalue weighted by atomic mass is 10.0. The lowest BCUT2D eigenvalue weighted by molar-refractivity contribution is 0.0945. The number of rotatable bonds is 5. The van der Waals surface area contributed by atoms with Gasteiger partial charge in [0.25, 0.3) is 5.91 Å². The third kappa shape index (κ3) is 3.81. The first-order valence-corrected chi connectivity index (χ1v) is 9.24. The van der Waals surface area contributed by atoms with Gasteiger partial charge in [-0.1, -0.05) is 30.3 Å². The van der Waals surface area contributed by atoms with E-state index in [1.807, 2.05) is 37.2 Å². The molecule has 4 rings (SSSR count). The second-order valence-corrected chi connectivity index (χ2v) is 6.97. The summed E-state index contributed by atoms with van der Waals surface area (Å²) in [6, 6.07) is 18.0. The van der Waals surface area contributed by atoms with Crippen molar-refractivity contribution >= 4 is 11.7 Å². The maximum absolute atomic E-state index is 12.3. The van der Waals surface area contributed by atoms with Gasteiger partial charge in [-0.15, -0.1) is 10.2 Å². The molecule has 0 saturated carbocycles. The van der Waals surface area contributed by atoms with Crippen molar-refractivity contribution in [1.29, 1.82) is 0 Å². The Kier molecular flexibility index (Phi) is 4.93. The van der Waals surface area contributed by atoms with Crippen LogP contribution in [0.3, 0.4) is 0 Å². The van der Waals surface area contributed by atoms with Gasteiger partial charge in [0.05, 0.1) is 6.61 Å². The smallest absolute Gasteiger partial charge is 0.272 e. The number of benzene rings is 2. The van der Waals surface area contributed by atoms with Gasteiger partial charge in [-0.2, -0.15) is 0 Å². The highest BCUT2D eigenvalue weighted by molar-refractivity contribution is 5.92. The summed E-state index contributed by atoms with van der Waals surface area (Å²) in [6.07, 6.45) is 0.964. The Bertz CT molecular complexity index is 982. The van der Waals surface area contributed by atoms with Crippen LogP contribution in [0.25, 0.3) is 11.1 Å². The van der Waals surface area contributed by atoms with Gasteiger partial charge in [-0.25, -0.2) is 0 Å². The van der Waals surface area contributed by atoms with Crippen molar-refractivity contribution in [1.82, 2.24) is 15.5 Å². The topological polar surface area (TPSA) is 67.4 Å². The van der Waals surface area contributed by atoms with E-state index in [1.54, 1.807) is 12.1 Å². The minimum Gasteiger partial charge on any atom is -0.493 e. The number of nitrogens with one attached hydrogen (secondary N) is 1. The first-order chi connectivity index (χ1) is 13.6. The highest BCUT2D eigenvalue weighted by Gasteiger charge is 2.13. The molecule has 0 unspecified atom stereocenters. The molecule has 0 saturated heterocycles. The van der Waals surface area contributed by atoms with Crippen molar-refractivity contribution in [3.05, 3.63) is 71.4 Å². The van der Waals surface area contributed by atoms with Gasteiger partial charge in [-0.05, 0) is 46.5 Å². The van der Waals surface area contributed by atoms with E-state index in [4.69, 9.17) is 4.74 Å². The average molecular weight is 374 g/mol. The summed E-state index contributed by atoms with van der Waals surface area (Å²) in [7, 11) is 3.76. The second-order valence-electron chi connectivity index (χ2n) is 6.97. The molecule has 2 heterocycles. The highest BCUT2D eigenvalue weighted by Crippen LogP contribution is 2.30. The number of ether oxygens (including phenoxy) is 1. The van der Waals surface area contributed by atoms with E-state index in [1.165, 1.54) is 11.1 Å².